The Hall–Kier alpha value is -2.53. The highest BCUT2D eigenvalue weighted by Crippen LogP contribution is 2.22. The number of H-pyrrole nitrogens is 1. The van der Waals surface area contributed by atoms with Crippen molar-refractivity contribution in [3.05, 3.63) is 65.6 Å². The number of carbonyl (C=O) groups is 1. The van der Waals surface area contributed by atoms with Gasteiger partial charge in [0.15, 0.2) is 5.78 Å². The molecule has 0 atom stereocenters. The Kier molecular flexibility index (Phi) is 5.30. The smallest absolute Gasteiger partial charge is 0.164 e. The lowest BCUT2D eigenvalue weighted by Gasteiger charge is -2.31. The third kappa shape index (κ3) is 4.42. The van der Waals surface area contributed by atoms with Gasteiger partial charge in [0.2, 0.25) is 0 Å². The molecule has 4 rings (SSSR count). The Bertz CT molecular complexity index is 911. The van der Waals surface area contributed by atoms with E-state index in [0.717, 1.165) is 55.4 Å². The van der Waals surface area contributed by atoms with Crippen LogP contribution in [0.25, 0.3) is 10.9 Å². The highest BCUT2D eigenvalue weighted by Gasteiger charge is 2.20. The number of hydrogen-bond donors (Lipinski definition) is 1. The molecule has 0 spiro atoms. The molecule has 140 valence electrons. The quantitative estimate of drug-likeness (QED) is 0.665. The van der Waals surface area contributed by atoms with Crippen molar-refractivity contribution >= 4 is 16.7 Å². The Balaban J connectivity index is 1.24. The Morgan fingerprint density at radius 1 is 1.15 bits per heavy atom. The summed E-state index contributed by atoms with van der Waals surface area (Å²) in [5.74, 6) is 0.655. The van der Waals surface area contributed by atoms with Crippen molar-refractivity contribution < 1.29 is 9.18 Å². The Morgan fingerprint density at radius 3 is 2.70 bits per heavy atom. The maximum Gasteiger partial charge on any atom is 0.164 e. The molecule has 0 unspecified atom stereocenters. The van der Waals surface area contributed by atoms with E-state index in [1.54, 1.807) is 6.20 Å². The van der Waals surface area contributed by atoms with E-state index in [1.165, 1.54) is 17.7 Å². The fraction of sp³-hybridized carbons (Fsp3) is 0.364. The first-order valence-electron chi connectivity index (χ1n) is 9.60. The summed E-state index contributed by atoms with van der Waals surface area (Å²) in [5, 5.41) is 7.88. The van der Waals surface area contributed by atoms with Crippen LogP contribution in [-0.4, -0.2) is 40.5 Å². The summed E-state index contributed by atoms with van der Waals surface area (Å²) in [6, 6.07) is 12.5. The van der Waals surface area contributed by atoms with E-state index in [9.17, 15) is 9.18 Å². The topological polar surface area (TPSA) is 49.0 Å². The van der Waals surface area contributed by atoms with Gasteiger partial charge in [-0.3, -0.25) is 9.89 Å². The standard InChI is InChI=1S/C22H24FN3O/c23-20-4-1-16(2-5-20)13-17-7-10-26(11-8-17)12-9-22(27)18-3-6-21-19(14-18)15-24-25-21/h1-6,14-15,17H,7-13H2,(H,24,25). The first-order chi connectivity index (χ1) is 13.2. The number of ketones is 1. The number of likely N-dealkylation sites (tertiary alicyclic amines) is 1. The molecule has 1 fully saturated rings. The number of rotatable bonds is 6. The van der Waals surface area contributed by atoms with Crippen LogP contribution in [-0.2, 0) is 6.42 Å². The second-order valence-electron chi connectivity index (χ2n) is 7.46. The molecule has 0 amide bonds. The van der Waals surface area contributed by atoms with Gasteiger partial charge < -0.3 is 4.90 Å². The van der Waals surface area contributed by atoms with Crippen molar-refractivity contribution in [3.63, 3.8) is 0 Å². The number of carbonyl (C=O) groups excluding carboxylic acids is 1. The molecular formula is C22H24FN3O. The van der Waals surface area contributed by atoms with Gasteiger partial charge in [0.05, 0.1) is 11.7 Å². The van der Waals surface area contributed by atoms with Crippen LogP contribution in [0.5, 0.6) is 0 Å². The van der Waals surface area contributed by atoms with Gasteiger partial charge in [0.1, 0.15) is 5.82 Å². The summed E-state index contributed by atoms with van der Waals surface area (Å²) < 4.78 is 13.0. The number of benzene rings is 2. The maximum absolute atomic E-state index is 13.0. The Labute approximate surface area is 158 Å². The van der Waals surface area contributed by atoms with Crippen LogP contribution in [0.1, 0.15) is 35.2 Å². The third-order valence-corrected chi connectivity index (χ3v) is 5.56. The molecule has 3 aromatic rings. The predicted molar refractivity (Wildman–Crippen MR) is 104 cm³/mol. The van der Waals surface area contributed by atoms with Crippen LogP contribution < -0.4 is 0 Å². The number of halogens is 1. The molecule has 27 heavy (non-hydrogen) atoms. The first kappa shape index (κ1) is 17.9. The normalized spacial score (nSPS) is 16.0. The molecule has 0 radical (unpaired) electrons. The van der Waals surface area contributed by atoms with Crippen LogP contribution >= 0.6 is 0 Å². The molecule has 1 aliphatic heterocycles. The van der Waals surface area contributed by atoms with E-state index in [4.69, 9.17) is 0 Å². The average molecular weight is 365 g/mol. The summed E-state index contributed by atoms with van der Waals surface area (Å²) in [6.07, 6.45) is 5.57. The van der Waals surface area contributed by atoms with Crippen molar-refractivity contribution in [1.29, 1.82) is 0 Å². The fourth-order valence-corrected chi connectivity index (χ4v) is 3.89. The number of nitrogens with one attached hydrogen (secondary N) is 1. The van der Waals surface area contributed by atoms with Crippen LogP contribution in [0.4, 0.5) is 4.39 Å². The monoisotopic (exact) mass is 365 g/mol. The Morgan fingerprint density at radius 2 is 1.93 bits per heavy atom. The van der Waals surface area contributed by atoms with Gasteiger partial charge in [-0.25, -0.2) is 4.39 Å². The van der Waals surface area contributed by atoms with E-state index in [1.807, 2.05) is 30.3 Å². The lowest BCUT2D eigenvalue weighted by atomic mass is 9.90. The summed E-state index contributed by atoms with van der Waals surface area (Å²) in [6.45, 7) is 2.87. The highest BCUT2D eigenvalue weighted by molar-refractivity contribution is 5.99. The number of fused-ring (bicyclic) bond motifs is 1. The van der Waals surface area contributed by atoms with E-state index < -0.39 is 0 Å². The molecule has 2 heterocycles. The molecule has 1 aliphatic rings. The molecule has 1 aromatic heterocycles. The number of aromatic nitrogens is 2. The molecular weight excluding hydrogens is 341 g/mol. The van der Waals surface area contributed by atoms with Crippen LogP contribution in [0.3, 0.4) is 0 Å². The lowest BCUT2D eigenvalue weighted by Crippen LogP contribution is -2.35. The number of hydrogen-bond acceptors (Lipinski definition) is 3. The van der Waals surface area contributed by atoms with Gasteiger partial charge in [0.25, 0.3) is 0 Å². The van der Waals surface area contributed by atoms with Crippen LogP contribution in [0, 0.1) is 11.7 Å². The number of aromatic amines is 1. The molecule has 4 nitrogen and oxygen atoms in total. The van der Waals surface area contributed by atoms with Gasteiger partial charge >= 0.3 is 0 Å². The van der Waals surface area contributed by atoms with Gasteiger partial charge in [-0.05, 0) is 74.2 Å². The van der Waals surface area contributed by atoms with Gasteiger partial charge in [-0.2, -0.15) is 5.10 Å². The number of Topliss-reactive ketones (excluding diaryl/α,β-unsaturated/α-hetero) is 1. The van der Waals surface area contributed by atoms with Crippen molar-refractivity contribution in [2.45, 2.75) is 25.7 Å². The van der Waals surface area contributed by atoms with Crippen molar-refractivity contribution in [1.82, 2.24) is 15.1 Å². The fourth-order valence-electron chi connectivity index (χ4n) is 3.89. The number of nitrogens with zero attached hydrogens (tertiary/aromatic N) is 2. The summed E-state index contributed by atoms with van der Waals surface area (Å²) in [5.41, 5.74) is 2.92. The van der Waals surface area contributed by atoms with Gasteiger partial charge in [0, 0.05) is 23.9 Å². The predicted octanol–water partition coefficient (Wildman–Crippen LogP) is 4.23. The van der Waals surface area contributed by atoms with Crippen LogP contribution in [0.2, 0.25) is 0 Å². The second-order valence-corrected chi connectivity index (χ2v) is 7.46. The average Bonchev–Trinajstić information content (AvgIpc) is 3.17. The van der Waals surface area contributed by atoms with Crippen LogP contribution in [0.15, 0.2) is 48.7 Å². The third-order valence-electron chi connectivity index (χ3n) is 5.56. The zero-order valence-corrected chi connectivity index (χ0v) is 15.3. The highest BCUT2D eigenvalue weighted by atomic mass is 19.1. The molecule has 0 bridgehead atoms. The summed E-state index contributed by atoms with van der Waals surface area (Å²) in [4.78, 5) is 14.9. The lowest BCUT2D eigenvalue weighted by molar-refractivity contribution is 0.0951. The summed E-state index contributed by atoms with van der Waals surface area (Å²) >= 11 is 0. The molecule has 0 saturated carbocycles. The zero-order valence-electron chi connectivity index (χ0n) is 15.3. The minimum atomic E-state index is -0.176. The van der Waals surface area contributed by atoms with E-state index >= 15 is 0 Å². The molecule has 1 saturated heterocycles. The van der Waals surface area contributed by atoms with Gasteiger partial charge in [-0.1, -0.05) is 12.1 Å². The van der Waals surface area contributed by atoms with Gasteiger partial charge in [-0.15, -0.1) is 0 Å². The second kappa shape index (κ2) is 8.01. The minimum absolute atomic E-state index is 0.176. The van der Waals surface area contributed by atoms with Crippen molar-refractivity contribution in [3.8, 4) is 0 Å². The minimum Gasteiger partial charge on any atom is -0.303 e. The van der Waals surface area contributed by atoms with E-state index in [0.29, 0.717) is 12.3 Å². The SMILES string of the molecule is O=C(CCN1CCC(Cc2ccc(F)cc2)CC1)c1ccc2[nH]ncc2c1. The first-order valence-corrected chi connectivity index (χ1v) is 9.60. The maximum atomic E-state index is 13.0. The zero-order chi connectivity index (χ0) is 18.6. The van der Waals surface area contributed by atoms with E-state index in [2.05, 4.69) is 15.1 Å². The number of piperidine rings is 1. The van der Waals surface area contributed by atoms with E-state index in [-0.39, 0.29) is 11.6 Å². The molecule has 5 heteroatoms. The van der Waals surface area contributed by atoms with Crippen molar-refractivity contribution in [2.75, 3.05) is 19.6 Å². The molecule has 2 aromatic carbocycles. The molecule has 1 N–H and O–H groups in total. The summed E-state index contributed by atoms with van der Waals surface area (Å²) in [7, 11) is 0. The largest absolute Gasteiger partial charge is 0.303 e. The molecule has 0 aliphatic carbocycles. The van der Waals surface area contributed by atoms with Crippen molar-refractivity contribution in [2.24, 2.45) is 5.92 Å².